The van der Waals surface area contributed by atoms with Gasteiger partial charge in [0.05, 0.1) is 12.6 Å². The van der Waals surface area contributed by atoms with Crippen LogP contribution in [-0.2, 0) is 0 Å². The van der Waals surface area contributed by atoms with E-state index in [2.05, 4.69) is 58.8 Å². The molecule has 3 aromatic rings. The molecule has 0 bridgehead atoms. The molecular formula is C21H23N3O2. The van der Waals surface area contributed by atoms with Crippen LogP contribution in [0.25, 0.3) is 10.8 Å². The Labute approximate surface area is 152 Å². The fourth-order valence-electron chi connectivity index (χ4n) is 3.79. The lowest BCUT2D eigenvalue weighted by molar-refractivity contribution is 0.308. The van der Waals surface area contributed by atoms with Crippen molar-refractivity contribution in [3.63, 3.8) is 0 Å². The van der Waals surface area contributed by atoms with Crippen molar-refractivity contribution in [2.24, 2.45) is 0 Å². The predicted molar refractivity (Wildman–Crippen MR) is 99.2 cm³/mol. The molecule has 0 amide bonds. The third kappa shape index (κ3) is 2.86. The zero-order valence-electron chi connectivity index (χ0n) is 14.9. The van der Waals surface area contributed by atoms with Gasteiger partial charge < -0.3 is 9.26 Å². The number of aromatic nitrogens is 2. The Morgan fingerprint density at radius 1 is 1.12 bits per heavy atom. The molecule has 2 aromatic carbocycles. The molecule has 5 heteroatoms. The zero-order valence-corrected chi connectivity index (χ0v) is 14.9. The van der Waals surface area contributed by atoms with Crippen LogP contribution in [0.3, 0.4) is 0 Å². The summed E-state index contributed by atoms with van der Waals surface area (Å²) in [7, 11) is 0. The molecular weight excluding hydrogens is 326 g/mol. The van der Waals surface area contributed by atoms with Crippen molar-refractivity contribution < 1.29 is 9.26 Å². The van der Waals surface area contributed by atoms with Crippen LogP contribution in [-0.4, -0.2) is 16.7 Å². The van der Waals surface area contributed by atoms with Crippen molar-refractivity contribution in [3.8, 4) is 5.75 Å². The average Bonchev–Trinajstić information content (AvgIpc) is 3.44. The van der Waals surface area contributed by atoms with Crippen LogP contribution < -0.4 is 10.1 Å². The van der Waals surface area contributed by atoms with Gasteiger partial charge >= 0.3 is 0 Å². The summed E-state index contributed by atoms with van der Waals surface area (Å²) in [4.78, 5) is 4.60. The Morgan fingerprint density at radius 2 is 2.00 bits per heavy atom. The summed E-state index contributed by atoms with van der Waals surface area (Å²) >= 11 is 0. The van der Waals surface area contributed by atoms with Gasteiger partial charge in [0.2, 0.25) is 5.89 Å². The molecule has 5 nitrogen and oxygen atoms in total. The highest BCUT2D eigenvalue weighted by Crippen LogP contribution is 2.40. The van der Waals surface area contributed by atoms with E-state index in [9.17, 15) is 0 Å². The quantitative estimate of drug-likeness (QED) is 0.742. The fraction of sp³-hybridized carbons (Fsp3) is 0.429. The third-order valence-electron chi connectivity index (χ3n) is 5.39. The van der Waals surface area contributed by atoms with Gasteiger partial charge in [-0.25, -0.2) is 0 Å². The highest BCUT2D eigenvalue weighted by Gasteiger charge is 2.30. The first-order valence-electron chi connectivity index (χ1n) is 9.53. The van der Waals surface area contributed by atoms with Gasteiger partial charge in [0.1, 0.15) is 5.75 Å². The van der Waals surface area contributed by atoms with Gasteiger partial charge in [0.15, 0.2) is 5.82 Å². The highest BCUT2D eigenvalue weighted by molar-refractivity contribution is 5.89. The van der Waals surface area contributed by atoms with Crippen LogP contribution in [0.1, 0.15) is 67.9 Å². The van der Waals surface area contributed by atoms with Crippen molar-refractivity contribution in [1.29, 1.82) is 0 Å². The van der Waals surface area contributed by atoms with Crippen molar-refractivity contribution in [1.82, 2.24) is 15.5 Å². The second-order valence-corrected chi connectivity index (χ2v) is 7.40. The zero-order chi connectivity index (χ0) is 17.5. The second kappa shape index (κ2) is 6.40. The normalized spacial score (nSPS) is 21.0. The van der Waals surface area contributed by atoms with E-state index < -0.39 is 0 Å². The molecule has 0 spiro atoms. The maximum atomic E-state index is 6.13. The summed E-state index contributed by atoms with van der Waals surface area (Å²) in [6.45, 7) is 2.84. The van der Waals surface area contributed by atoms with Crippen LogP contribution in [0, 0.1) is 0 Å². The number of benzene rings is 2. The second-order valence-electron chi connectivity index (χ2n) is 7.40. The van der Waals surface area contributed by atoms with E-state index in [0.717, 1.165) is 31.0 Å². The maximum Gasteiger partial charge on any atom is 0.243 e. The largest absolute Gasteiger partial charge is 0.493 e. The minimum Gasteiger partial charge on any atom is -0.493 e. The van der Waals surface area contributed by atoms with E-state index in [0.29, 0.717) is 11.8 Å². The number of rotatable bonds is 4. The summed E-state index contributed by atoms with van der Waals surface area (Å²) in [6, 6.07) is 13.0. The van der Waals surface area contributed by atoms with E-state index in [1.54, 1.807) is 0 Å². The van der Waals surface area contributed by atoms with Crippen molar-refractivity contribution in [2.45, 2.75) is 50.6 Å². The molecule has 2 atom stereocenters. The summed E-state index contributed by atoms with van der Waals surface area (Å²) in [5.41, 5.74) is 1.22. The molecule has 2 aliphatic rings. The molecule has 0 unspecified atom stereocenters. The van der Waals surface area contributed by atoms with Gasteiger partial charge in [-0.2, -0.15) is 4.98 Å². The first kappa shape index (κ1) is 15.8. The van der Waals surface area contributed by atoms with Gasteiger partial charge in [-0.05, 0) is 38.0 Å². The fourth-order valence-corrected chi connectivity index (χ4v) is 3.79. The molecule has 0 radical (unpaired) electrons. The number of hydrogen-bond acceptors (Lipinski definition) is 5. The van der Waals surface area contributed by atoms with Crippen molar-refractivity contribution in [2.75, 3.05) is 6.61 Å². The third-order valence-corrected chi connectivity index (χ3v) is 5.39. The van der Waals surface area contributed by atoms with Crippen molar-refractivity contribution in [3.05, 3.63) is 53.7 Å². The molecule has 1 fully saturated rings. The van der Waals surface area contributed by atoms with E-state index in [1.165, 1.54) is 29.2 Å². The van der Waals surface area contributed by atoms with Crippen LogP contribution in [0.5, 0.6) is 5.75 Å². The standard InChI is InChI=1S/C21H23N3O2/c1-13(21-23-20(24-26-21)15-8-9-15)22-18-7-4-12-25-19-16-6-3-2-5-14(16)10-11-17(18)19/h2-3,5-6,10-11,13,15,18,22H,4,7-9,12H2,1H3/t13-,18+/m0/s1. The van der Waals surface area contributed by atoms with E-state index >= 15 is 0 Å². The molecule has 1 saturated carbocycles. The van der Waals surface area contributed by atoms with E-state index in [-0.39, 0.29) is 12.1 Å². The van der Waals surface area contributed by atoms with Gasteiger partial charge in [-0.3, -0.25) is 5.32 Å². The molecule has 0 saturated heterocycles. The van der Waals surface area contributed by atoms with Gasteiger partial charge in [-0.1, -0.05) is 41.6 Å². The maximum absolute atomic E-state index is 6.13. The summed E-state index contributed by atoms with van der Waals surface area (Å²) < 4.78 is 11.6. The SMILES string of the molecule is C[C@H](N[C@@H]1CCCOc2c1ccc1ccccc21)c1nc(C2CC2)no1. The molecule has 134 valence electrons. The Kier molecular flexibility index (Phi) is 3.89. The Morgan fingerprint density at radius 3 is 2.88 bits per heavy atom. The van der Waals surface area contributed by atoms with E-state index in [4.69, 9.17) is 9.26 Å². The van der Waals surface area contributed by atoms with Crippen LogP contribution >= 0.6 is 0 Å². The smallest absolute Gasteiger partial charge is 0.243 e. The number of nitrogens with one attached hydrogen (secondary N) is 1. The molecule has 26 heavy (non-hydrogen) atoms. The molecule has 1 aromatic heterocycles. The minimum atomic E-state index is 0.0115. The molecule has 1 aliphatic carbocycles. The number of hydrogen-bond donors (Lipinski definition) is 1. The van der Waals surface area contributed by atoms with Crippen LogP contribution in [0.15, 0.2) is 40.9 Å². The van der Waals surface area contributed by atoms with Crippen LogP contribution in [0.2, 0.25) is 0 Å². The monoisotopic (exact) mass is 349 g/mol. The van der Waals surface area contributed by atoms with Gasteiger partial charge in [0, 0.05) is 22.9 Å². The van der Waals surface area contributed by atoms with Crippen molar-refractivity contribution >= 4 is 10.8 Å². The number of nitrogens with zero attached hydrogens (tertiary/aromatic N) is 2. The number of fused-ring (bicyclic) bond motifs is 3. The molecule has 1 N–H and O–H groups in total. The molecule has 1 aliphatic heterocycles. The summed E-state index contributed by atoms with van der Waals surface area (Å²) in [6.07, 6.45) is 4.41. The predicted octanol–water partition coefficient (Wildman–Crippen LogP) is 4.66. The van der Waals surface area contributed by atoms with Gasteiger partial charge in [0.25, 0.3) is 0 Å². The summed E-state index contributed by atoms with van der Waals surface area (Å²) in [5, 5.41) is 10.2. The lowest BCUT2D eigenvalue weighted by Crippen LogP contribution is -2.24. The Bertz CT molecular complexity index is 932. The lowest BCUT2D eigenvalue weighted by atomic mass is 9.97. The Hall–Kier alpha value is -2.40. The molecule has 5 rings (SSSR count). The lowest BCUT2D eigenvalue weighted by Gasteiger charge is -2.22. The summed E-state index contributed by atoms with van der Waals surface area (Å²) in [5.74, 6) is 3.07. The van der Waals surface area contributed by atoms with E-state index in [1.807, 2.05) is 0 Å². The number of ether oxygens (including phenoxy) is 1. The Balaban J connectivity index is 1.44. The first-order chi connectivity index (χ1) is 12.8. The topological polar surface area (TPSA) is 60.2 Å². The first-order valence-corrected chi connectivity index (χ1v) is 9.53. The highest BCUT2D eigenvalue weighted by atomic mass is 16.5. The minimum absolute atomic E-state index is 0.0115. The average molecular weight is 349 g/mol. The molecule has 2 heterocycles. The van der Waals surface area contributed by atoms with Crippen LogP contribution in [0.4, 0.5) is 0 Å². The van der Waals surface area contributed by atoms with Gasteiger partial charge in [-0.15, -0.1) is 0 Å².